The second-order valence-corrected chi connectivity index (χ2v) is 8.50. The first-order chi connectivity index (χ1) is 13.3. The molecular weight excluding hydrogens is 524 g/mol. The Labute approximate surface area is 186 Å². The molecule has 1 aliphatic rings. The Hall–Kier alpha value is -1.28. The highest BCUT2D eigenvalue weighted by Gasteiger charge is 2.27. The molecule has 0 radical (unpaired) electrons. The molecule has 0 spiro atoms. The maximum atomic E-state index is 14.0. The molecule has 2 N–H and O–H groups in total. The van der Waals surface area contributed by atoms with Crippen molar-refractivity contribution in [2.75, 3.05) is 25.9 Å². The number of rotatable bonds is 7. The van der Waals surface area contributed by atoms with Crippen molar-refractivity contribution in [3.8, 4) is 5.75 Å². The molecule has 1 saturated heterocycles. The van der Waals surface area contributed by atoms with Gasteiger partial charge in [0, 0.05) is 38.3 Å². The van der Waals surface area contributed by atoms with E-state index in [9.17, 15) is 21.6 Å². The zero-order valence-electron chi connectivity index (χ0n) is 16.2. The summed E-state index contributed by atoms with van der Waals surface area (Å²) in [5, 5.41) is 6.03. The minimum Gasteiger partial charge on any atom is -0.434 e. The van der Waals surface area contributed by atoms with Crippen molar-refractivity contribution < 1.29 is 26.3 Å². The molecule has 1 aromatic rings. The summed E-state index contributed by atoms with van der Waals surface area (Å²) < 4.78 is 68.7. The summed E-state index contributed by atoms with van der Waals surface area (Å²) >= 11 is 0. The maximum absolute atomic E-state index is 14.0. The lowest BCUT2D eigenvalue weighted by molar-refractivity contribution is -0.0506. The van der Waals surface area contributed by atoms with Crippen LogP contribution in [0.3, 0.4) is 0 Å². The number of ether oxygens (including phenoxy) is 1. The standard InChI is InChI=1S/C17H25F3N4O3S.HI/c1-3-28(25,26)24-9-7-12(8-10-24)23-17(21-2)22-11-13-14(18)5-4-6-15(13)27-16(19)20;/h4-6,12,16H,3,7-11H2,1-2H3,(H2,21,22,23);1H. The molecule has 166 valence electrons. The van der Waals surface area contributed by atoms with Crippen molar-refractivity contribution >= 4 is 40.0 Å². The zero-order chi connectivity index (χ0) is 20.7. The van der Waals surface area contributed by atoms with Crippen molar-refractivity contribution in [1.29, 1.82) is 0 Å². The van der Waals surface area contributed by atoms with Gasteiger partial charge in [-0.1, -0.05) is 6.07 Å². The van der Waals surface area contributed by atoms with Crippen molar-refractivity contribution in [2.45, 2.75) is 39.0 Å². The molecule has 12 heteroatoms. The van der Waals surface area contributed by atoms with E-state index in [4.69, 9.17) is 0 Å². The molecule has 0 saturated carbocycles. The maximum Gasteiger partial charge on any atom is 0.387 e. The first kappa shape index (κ1) is 25.8. The highest BCUT2D eigenvalue weighted by Crippen LogP contribution is 2.23. The second-order valence-electron chi connectivity index (χ2n) is 6.24. The molecule has 29 heavy (non-hydrogen) atoms. The Morgan fingerprint density at radius 3 is 2.55 bits per heavy atom. The van der Waals surface area contributed by atoms with Crippen molar-refractivity contribution in [3.05, 3.63) is 29.6 Å². The topological polar surface area (TPSA) is 83.0 Å². The van der Waals surface area contributed by atoms with E-state index in [-0.39, 0.29) is 53.6 Å². The molecule has 1 fully saturated rings. The number of nitrogens with one attached hydrogen (secondary N) is 2. The number of hydrogen-bond donors (Lipinski definition) is 2. The van der Waals surface area contributed by atoms with Crippen LogP contribution < -0.4 is 15.4 Å². The van der Waals surface area contributed by atoms with E-state index in [0.29, 0.717) is 31.9 Å². The van der Waals surface area contributed by atoms with Gasteiger partial charge in [-0.05, 0) is 31.9 Å². The molecule has 7 nitrogen and oxygen atoms in total. The van der Waals surface area contributed by atoms with Gasteiger partial charge in [-0.3, -0.25) is 4.99 Å². The lowest BCUT2D eigenvalue weighted by atomic mass is 10.1. The van der Waals surface area contributed by atoms with Gasteiger partial charge in [0.2, 0.25) is 10.0 Å². The SMILES string of the molecule is CCS(=O)(=O)N1CCC(NC(=NC)NCc2c(F)cccc2OC(F)F)CC1.I. The van der Waals surface area contributed by atoms with Crippen molar-refractivity contribution in [3.63, 3.8) is 0 Å². The predicted octanol–water partition coefficient (Wildman–Crippen LogP) is 2.52. The van der Waals surface area contributed by atoms with Gasteiger partial charge in [0.1, 0.15) is 11.6 Å². The third-order valence-corrected chi connectivity index (χ3v) is 6.38. The number of piperidine rings is 1. The van der Waals surface area contributed by atoms with E-state index in [1.54, 1.807) is 6.92 Å². The fourth-order valence-electron chi connectivity index (χ4n) is 2.94. The third kappa shape index (κ3) is 7.48. The smallest absolute Gasteiger partial charge is 0.387 e. The predicted molar refractivity (Wildman–Crippen MR) is 116 cm³/mol. The molecule has 0 bridgehead atoms. The van der Waals surface area contributed by atoms with Crippen LogP contribution in [-0.2, 0) is 16.6 Å². The molecule has 0 atom stereocenters. The van der Waals surface area contributed by atoms with E-state index in [2.05, 4.69) is 20.4 Å². The Bertz CT molecular complexity index is 788. The number of aliphatic imine (C=N–C) groups is 1. The highest BCUT2D eigenvalue weighted by molar-refractivity contribution is 14.0. The lowest BCUT2D eigenvalue weighted by Gasteiger charge is -2.32. The molecule has 2 rings (SSSR count). The van der Waals surface area contributed by atoms with Gasteiger partial charge in [0.15, 0.2) is 5.96 Å². The fourth-order valence-corrected chi connectivity index (χ4v) is 4.07. The number of sulfonamides is 1. The van der Waals surface area contributed by atoms with Crippen LogP contribution in [0.2, 0.25) is 0 Å². The van der Waals surface area contributed by atoms with E-state index in [1.165, 1.54) is 23.5 Å². The van der Waals surface area contributed by atoms with Crippen LogP contribution in [0.1, 0.15) is 25.3 Å². The van der Waals surface area contributed by atoms with Gasteiger partial charge in [-0.15, -0.1) is 24.0 Å². The minimum absolute atomic E-state index is 0. The summed E-state index contributed by atoms with van der Waals surface area (Å²) in [6, 6.07) is 3.72. The lowest BCUT2D eigenvalue weighted by Crippen LogP contribution is -2.49. The molecule has 0 aromatic heterocycles. The van der Waals surface area contributed by atoms with E-state index in [1.807, 2.05) is 0 Å². The largest absolute Gasteiger partial charge is 0.434 e. The van der Waals surface area contributed by atoms with Crippen LogP contribution >= 0.6 is 24.0 Å². The van der Waals surface area contributed by atoms with Gasteiger partial charge in [-0.25, -0.2) is 17.1 Å². The van der Waals surface area contributed by atoms with E-state index < -0.39 is 22.5 Å². The van der Waals surface area contributed by atoms with Gasteiger partial charge in [-0.2, -0.15) is 8.78 Å². The average Bonchev–Trinajstić information content (AvgIpc) is 2.66. The first-order valence-electron chi connectivity index (χ1n) is 8.94. The Kier molecular flexibility index (Phi) is 10.5. The highest BCUT2D eigenvalue weighted by atomic mass is 127. The quantitative estimate of drug-likeness (QED) is 0.310. The van der Waals surface area contributed by atoms with Crippen LogP contribution in [0, 0.1) is 5.82 Å². The normalized spacial score (nSPS) is 16.4. The monoisotopic (exact) mass is 550 g/mol. The number of nitrogens with zero attached hydrogens (tertiary/aromatic N) is 2. The molecule has 0 aliphatic carbocycles. The second kappa shape index (κ2) is 11.8. The summed E-state index contributed by atoms with van der Waals surface area (Å²) in [7, 11) is -1.67. The Morgan fingerprint density at radius 2 is 2.00 bits per heavy atom. The van der Waals surface area contributed by atoms with Gasteiger partial charge in [0.05, 0.1) is 5.75 Å². The molecule has 0 unspecified atom stereocenters. The van der Waals surface area contributed by atoms with Crippen molar-refractivity contribution in [2.24, 2.45) is 4.99 Å². The zero-order valence-corrected chi connectivity index (χ0v) is 19.3. The van der Waals surface area contributed by atoms with Crippen LogP contribution in [-0.4, -0.2) is 57.2 Å². The summed E-state index contributed by atoms with van der Waals surface area (Å²) in [5.74, 6) is -0.474. The summed E-state index contributed by atoms with van der Waals surface area (Å²) in [6.07, 6.45) is 1.19. The van der Waals surface area contributed by atoms with Crippen LogP contribution in [0.25, 0.3) is 0 Å². The van der Waals surface area contributed by atoms with E-state index >= 15 is 0 Å². The minimum atomic E-state index is -3.20. The molecule has 1 aromatic carbocycles. The summed E-state index contributed by atoms with van der Waals surface area (Å²) in [5.41, 5.74) is -0.0328. The van der Waals surface area contributed by atoms with Gasteiger partial charge in [0.25, 0.3) is 0 Å². The number of halogens is 4. The fraction of sp³-hybridized carbons (Fsp3) is 0.588. The molecule has 1 aliphatic heterocycles. The Morgan fingerprint density at radius 1 is 1.34 bits per heavy atom. The van der Waals surface area contributed by atoms with Crippen LogP contribution in [0.5, 0.6) is 5.75 Å². The Balaban J connectivity index is 0.00000420. The molecular formula is C17H26F3IN4O3S. The first-order valence-corrected chi connectivity index (χ1v) is 10.5. The van der Waals surface area contributed by atoms with Crippen molar-refractivity contribution in [1.82, 2.24) is 14.9 Å². The van der Waals surface area contributed by atoms with Crippen LogP contribution in [0.15, 0.2) is 23.2 Å². The van der Waals surface area contributed by atoms with E-state index in [0.717, 1.165) is 6.07 Å². The molecule has 1 heterocycles. The number of alkyl halides is 2. The van der Waals surface area contributed by atoms with Gasteiger partial charge < -0.3 is 15.4 Å². The summed E-state index contributed by atoms with van der Waals surface area (Å²) in [4.78, 5) is 4.05. The third-order valence-electron chi connectivity index (χ3n) is 4.50. The summed E-state index contributed by atoms with van der Waals surface area (Å²) in [6.45, 7) is -0.727. The number of guanidine groups is 1. The number of hydrogen-bond acceptors (Lipinski definition) is 4. The molecule has 0 amide bonds. The number of benzene rings is 1. The van der Waals surface area contributed by atoms with Gasteiger partial charge >= 0.3 is 6.61 Å². The van der Waals surface area contributed by atoms with Crippen LogP contribution in [0.4, 0.5) is 13.2 Å². The average molecular weight is 550 g/mol.